The molecule has 0 aromatic carbocycles. The number of carbonyl (C=O) groups is 2. The first-order valence-electron chi connectivity index (χ1n) is 9.66. The molecule has 2 heterocycles. The van der Waals surface area contributed by atoms with Crippen LogP contribution in [0.4, 0.5) is 10.7 Å². The van der Waals surface area contributed by atoms with E-state index >= 15 is 0 Å². The fraction of sp³-hybridized carbons (Fsp3) is 0.526. The molecule has 0 radical (unpaired) electrons. The average Bonchev–Trinajstić information content (AvgIpc) is 3.26. The van der Waals surface area contributed by atoms with E-state index in [-0.39, 0.29) is 17.7 Å². The van der Waals surface area contributed by atoms with Crippen LogP contribution in [-0.2, 0) is 22.4 Å². The summed E-state index contributed by atoms with van der Waals surface area (Å²) in [6.07, 6.45) is 6.18. The quantitative estimate of drug-likeness (QED) is 0.413. The van der Waals surface area contributed by atoms with Gasteiger partial charge in [-0.2, -0.15) is 5.10 Å². The Labute approximate surface area is 172 Å². The molecule has 1 unspecified atom stereocenters. The van der Waals surface area contributed by atoms with Crippen LogP contribution in [0, 0.1) is 10.1 Å². The summed E-state index contributed by atoms with van der Waals surface area (Å²) >= 11 is 1.41. The highest BCUT2D eigenvalue weighted by Crippen LogP contribution is 2.39. The number of amides is 1. The molecule has 29 heavy (non-hydrogen) atoms. The van der Waals surface area contributed by atoms with Crippen molar-refractivity contribution in [3.05, 3.63) is 38.5 Å². The molecule has 3 rings (SSSR count). The van der Waals surface area contributed by atoms with Crippen LogP contribution in [0.25, 0.3) is 0 Å². The van der Waals surface area contributed by atoms with Crippen LogP contribution in [0.2, 0.25) is 0 Å². The molecular weight excluding hydrogens is 396 g/mol. The normalized spacial score (nSPS) is 14.3. The van der Waals surface area contributed by atoms with Gasteiger partial charge in [0.15, 0.2) is 0 Å². The Bertz CT molecular complexity index is 933. The fourth-order valence-corrected chi connectivity index (χ4v) is 4.70. The van der Waals surface area contributed by atoms with E-state index in [1.54, 1.807) is 20.8 Å². The summed E-state index contributed by atoms with van der Waals surface area (Å²) in [6, 6.07) is -0.725. The number of fused-ring (bicyclic) bond motifs is 1. The second kappa shape index (κ2) is 8.73. The van der Waals surface area contributed by atoms with Crippen molar-refractivity contribution < 1.29 is 19.2 Å². The maximum atomic E-state index is 12.9. The van der Waals surface area contributed by atoms with Gasteiger partial charge in [-0.15, -0.1) is 11.3 Å². The van der Waals surface area contributed by atoms with Crippen molar-refractivity contribution in [1.82, 2.24) is 9.78 Å². The highest BCUT2D eigenvalue weighted by Gasteiger charge is 2.30. The van der Waals surface area contributed by atoms with Crippen molar-refractivity contribution in [3.63, 3.8) is 0 Å². The number of hydrogen-bond acceptors (Lipinski definition) is 7. The lowest BCUT2D eigenvalue weighted by molar-refractivity contribution is -0.385. The summed E-state index contributed by atoms with van der Waals surface area (Å²) in [4.78, 5) is 37.1. The molecule has 1 atom stereocenters. The molecule has 10 heteroatoms. The van der Waals surface area contributed by atoms with Crippen molar-refractivity contribution in [2.75, 3.05) is 5.32 Å². The van der Waals surface area contributed by atoms with Crippen LogP contribution in [0.5, 0.6) is 0 Å². The molecule has 9 nitrogen and oxygen atoms in total. The third-order valence-electron chi connectivity index (χ3n) is 4.76. The Hall–Kier alpha value is -2.75. The number of esters is 1. The lowest BCUT2D eigenvalue weighted by atomic mass is 9.95. The molecule has 2 aromatic heterocycles. The lowest BCUT2D eigenvalue weighted by Gasteiger charge is -2.16. The predicted molar refractivity (Wildman–Crippen MR) is 108 cm³/mol. The molecule has 1 amide bonds. The van der Waals surface area contributed by atoms with Crippen LogP contribution in [-0.4, -0.2) is 32.7 Å². The van der Waals surface area contributed by atoms with Crippen LogP contribution in [0.15, 0.2) is 12.4 Å². The number of nitrogens with zero attached hydrogens (tertiary/aromatic N) is 3. The van der Waals surface area contributed by atoms with Gasteiger partial charge in [-0.25, -0.2) is 4.79 Å². The molecule has 1 aliphatic rings. The topological polar surface area (TPSA) is 116 Å². The molecule has 0 bridgehead atoms. The van der Waals surface area contributed by atoms with Crippen LogP contribution >= 0.6 is 11.3 Å². The van der Waals surface area contributed by atoms with Crippen LogP contribution in [0.3, 0.4) is 0 Å². The molecule has 0 saturated heterocycles. The van der Waals surface area contributed by atoms with Crippen molar-refractivity contribution >= 4 is 33.9 Å². The highest BCUT2D eigenvalue weighted by atomic mass is 32.1. The molecule has 0 saturated carbocycles. The maximum Gasteiger partial charge on any atom is 0.341 e. The zero-order valence-electron chi connectivity index (χ0n) is 16.6. The Balaban J connectivity index is 1.89. The van der Waals surface area contributed by atoms with E-state index in [2.05, 4.69) is 10.4 Å². The van der Waals surface area contributed by atoms with Crippen molar-refractivity contribution in [1.29, 1.82) is 0 Å². The van der Waals surface area contributed by atoms with Gasteiger partial charge >= 0.3 is 11.7 Å². The summed E-state index contributed by atoms with van der Waals surface area (Å²) in [7, 11) is 0. The summed E-state index contributed by atoms with van der Waals surface area (Å²) in [5.41, 5.74) is 1.22. The van der Waals surface area contributed by atoms with Gasteiger partial charge in [-0.1, -0.05) is 6.92 Å². The van der Waals surface area contributed by atoms with E-state index < -0.39 is 16.9 Å². The van der Waals surface area contributed by atoms with E-state index in [1.165, 1.54) is 22.2 Å². The average molecular weight is 420 g/mol. The van der Waals surface area contributed by atoms with Gasteiger partial charge in [0.05, 0.1) is 16.6 Å². The number of nitro groups is 1. The van der Waals surface area contributed by atoms with E-state index in [9.17, 15) is 19.7 Å². The molecule has 0 aliphatic heterocycles. The van der Waals surface area contributed by atoms with Crippen LogP contribution < -0.4 is 5.32 Å². The molecule has 1 N–H and O–H groups in total. The van der Waals surface area contributed by atoms with E-state index in [0.717, 1.165) is 42.3 Å². The minimum atomic E-state index is -0.725. The number of hydrogen-bond donors (Lipinski definition) is 1. The number of ether oxygens (including phenoxy) is 1. The maximum absolute atomic E-state index is 12.9. The molecule has 2 aromatic rings. The smallest absolute Gasteiger partial charge is 0.341 e. The van der Waals surface area contributed by atoms with Gasteiger partial charge in [0.25, 0.3) is 0 Å². The van der Waals surface area contributed by atoms with E-state index in [1.807, 2.05) is 0 Å². The predicted octanol–water partition coefficient (Wildman–Crippen LogP) is 3.89. The number of aryl methyl sites for hydroxylation is 1. The van der Waals surface area contributed by atoms with Gasteiger partial charge in [0.1, 0.15) is 23.4 Å². The SMILES string of the molecule is CCC(C(=O)Nc1sc2c(c1C(=O)OC(C)C)CCCC2)n1cc([N+](=O)[O-])cn1. The van der Waals surface area contributed by atoms with Gasteiger partial charge in [0, 0.05) is 4.88 Å². The zero-order chi connectivity index (χ0) is 21.1. The summed E-state index contributed by atoms with van der Waals surface area (Å²) in [5, 5.41) is 18.2. The first-order valence-corrected chi connectivity index (χ1v) is 10.5. The standard InChI is InChI=1S/C19H24N4O5S/c1-4-14(22-10-12(9-20-22)23(26)27)17(24)21-18-16(19(25)28-11(2)3)13-7-5-6-8-15(13)29-18/h9-11,14H,4-8H2,1-3H3,(H,21,24). The first-order chi connectivity index (χ1) is 13.8. The minimum absolute atomic E-state index is 0.177. The van der Waals surface area contributed by atoms with Crippen molar-refractivity contribution in [3.8, 4) is 0 Å². The van der Waals surface area contributed by atoms with Crippen molar-refractivity contribution in [2.45, 2.75) is 65.0 Å². The molecule has 0 fully saturated rings. The minimum Gasteiger partial charge on any atom is -0.459 e. The zero-order valence-corrected chi connectivity index (χ0v) is 17.5. The third-order valence-corrected chi connectivity index (χ3v) is 5.97. The molecule has 156 valence electrons. The largest absolute Gasteiger partial charge is 0.459 e. The van der Waals surface area contributed by atoms with Crippen molar-refractivity contribution in [2.24, 2.45) is 0 Å². The summed E-state index contributed by atoms with van der Waals surface area (Å²) in [5.74, 6) is -0.805. The second-order valence-electron chi connectivity index (χ2n) is 7.22. The Kier molecular flexibility index (Phi) is 6.31. The summed E-state index contributed by atoms with van der Waals surface area (Å²) < 4.78 is 6.69. The number of carbonyl (C=O) groups excluding carboxylic acids is 2. The van der Waals surface area contributed by atoms with Gasteiger partial charge in [-0.3, -0.25) is 19.6 Å². The fourth-order valence-electron chi connectivity index (χ4n) is 3.42. The first kappa shape index (κ1) is 21.0. The van der Waals surface area contributed by atoms with Gasteiger partial charge < -0.3 is 10.1 Å². The Morgan fingerprint density at radius 1 is 1.38 bits per heavy atom. The second-order valence-corrected chi connectivity index (χ2v) is 8.32. The Morgan fingerprint density at radius 3 is 2.72 bits per heavy atom. The lowest BCUT2D eigenvalue weighted by Crippen LogP contribution is -2.26. The van der Waals surface area contributed by atoms with E-state index in [4.69, 9.17) is 4.74 Å². The third kappa shape index (κ3) is 4.47. The molecule has 1 aliphatic carbocycles. The Morgan fingerprint density at radius 2 is 2.10 bits per heavy atom. The van der Waals surface area contributed by atoms with Crippen LogP contribution in [0.1, 0.15) is 66.9 Å². The number of rotatable bonds is 7. The monoisotopic (exact) mass is 420 g/mol. The van der Waals surface area contributed by atoms with Gasteiger partial charge in [-0.05, 0) is 51.5 Å². The number of thiophene rings is 1. The molecule has 0 spiro atoms. The highest BCUT2D eigenvalue weighted by molar-refractivity contribution is 7.17. The van der Waals surface area contributed by atoms with Gasteiger partial charge in [0.2, 0.25) is 5.91 Å². The van der Waals surface area contributed by atoms with E-state index in [0.29, 0.717) is 17.0 Å². The molecular formula is C19H24N4O5S. The summed E-state index contributed by atoms with van der Waals surface area (Å²) in [6.45, 7) is 5.37. The number of aromatic nitrogens is 2. The number of anilines is 1. The number of nitrogens with one attached hydrogen (secondary N) is 1.